The molecule has 54 heavy (non-hydrogen) atoms. The molecule has 0 fully saturated rings. The Hall–Kier alpha value is -6.88. The van der Waals surface area contributed by atoms with Gasteiger partial charge in [-0.2, -0.15) is 0 Å². The lowest BCUT2D eigenvalue weighted by Gasteiger charge is -2.14. The third-order valence-electron chi connectivity index (χ3n) is 10.6. The lowest BCUT2D eigenvalue weighted by molar-refractivity contribution is 1.18. The van der Waals surface area contributed by atoms with Crippen LogP contribution in [0.5, 0.6) is 0 Å². The van der Waals surface area contributed by atoms with E-state index < -0.39 is 0 Å². The minimum absolute atomic E-state index is 0.716. The first kappa shape index (κ1) is 30.7. The normalized spacial score (nSPS) is 11.7. The number of rotatable bonds is 5. The summed E-state index contributed by atoms with van der Waals surface area (Å²) in [5, 5.41) is 7.37. The number of aromatic nitrogens is 3. The monoisotopic (exact) mass is 705 g/mol. The molecule has 0 saturated heterocycles. The van der Waals surface area contributed by atoms with Crippen LogP contribution in [0.3, 0.4) is 0 Å². The maximum absolute atomic E-state index is 5.27. The standard InChI is InChI=1S/C50H31N3S/c1-3-14-32(15-4-1)50-51-44(31-45(52-50)43-23-13-22-42-41-21-10-12-25-48(41)54-49(42)43)38-29-28-35(36-18-7-8-19-37(36)38)33-26-27-40-39-20-9-11-24-46(39)53(47(40)30-33)34-16-5-2-6-17-34/h1-31H. The summed E-state index contributed by atoms with van der Waals surface area (Å²) in [6.07, 6.45) is 0. The van der Waals surface area contributed by atoms with Gasteiger partial charge in [0.2, 0.25) is 0 Å². The van der Waals surface area contributed by atoms with E-state index in [2.05, 4.69) is 187 Å². The first-order valence-electron chi connectivity index (χ1n) is 18.2. The van der Waals surface area contributed by atoms with Crippen molar-refractivity contribution < 1.29 is 0 Å². The summed E-state index contributed by atoms with van der Waals surface area (Å²) in [5.41, 5.74) is 10.9. The van der Waals surface area contributed by atoms with Gasteiger partial charge in [-0.05, 0) is 58.3 Å². The molecule has 0 radical (unpaired) electrons. The molecule has 0 atom stereocenters. The molecule has 0 saturated carbocycles. The second-order valence-electron chi connectivity index (χ2n) is 13.7. The second-order valence-corrected chi connectivity index (χ2v) is 14.8. The van der Waals surface area contributed by atoms with Crippen LogP contribution in [0.1, 0.15) is 0 Å². The van der Waals surface area contributed by atoms with E-state index in [-0.39, 0.29) is 0 Å². The van der Waals surface area contributed by atoms with Crippen LogP contribution >= 0.6 is 11.3 Å². The largest absolute Gasteiger partial charge is 0.309 e. The second kappa shape index (κ2) is 12.4. The quantitative estimate of drug-likeness (QED) is 0.178. The molecule has 3 aromatic heterocycles. The Morgan fingerprint density at radius 1 is 0.370 bits per heavy atom. The van der Waals surface area contributed by atoms with Crippen molar-refractivity contribution >= 4 is 64.1 Å². The number of hydrogen-bond donors (Lipinski definition) is 0. The van der Waals surface area contributed by atoms with Crippen molar-refractivity contribution in [1.82, 2.24) is 14.5 Å². The minimum Gasteiger partial charge on any atom is -0.309 e. The van der Waals surface area contributed by atoms with E-state index >= 15 is 0 Å². The topological polar surface area (TPSA) is 30.7 Å². The van der Waals surface area contributed by atoms with E-state index in [0.717, 1.165) is 39.2 Å². The summed E-state index contributed by atoms with van der Waals surface area (Å²) in [6.45, 7) is 0. The van der Waals surface area contributed by atoms with Crippen LogP contribution in [0.15, 0.2) is 188 Å². The Morgan fingerprint density at radius 3 is 1.80 bits per heavy atom. The van der Waals surface area contributed by atoms with Crippen molar-refractivity contribution in [3.05, 3.63) is 188 Å². The van der Waals surface area contributed by atoms with Gasteiger partial charge in [0, 0.05) is 53.3 Å². The van der Waals surface area contributed by atoms with Gasteiger partial charge in [0.05, 0.1) is 22.4 Å². The van der Waals surface area contributed by atoms with Crippen molar-refractivity contribution in [3.63, 3.8) is 0 Å². The van der Waals surface area contributed by atoms with Crippen molar-refractivity contribution in [3.8, 4) is 50.7 Å². The van der Waals surface area contributed by atoms with Gasteiger partial charge in [-0.1, -0.05) is 152 Å². The molecule has 0 spiro atoms. The highest BCUT2D eigenvalue weighted by Crippen LogP contribution is 2.42. The maximum atomic E-state index is 5.27. The van der Waals surface area contributed by atoms with Crippen LogP contribution in [-0.4, -0.2) is 14.5 Å². The number of benzene rings is 8. The number of hydrogen-bond acceptors (Lipinski definition) is 3. The minimum atomic E-state index is 0.716. The summed E-state index contributed by atoms with van der Waals surface area (Å²) in [4.78, 5) is 10.5. The van der Waals surface area contributed by atoms with Crippen LogP contribution in [0, 0.1) is 0 Å². The SMILES string of the molecule is c1ccc(-c2nc(-c3ccc(-c4ccc5c6ccccc6n(-c6ccccc6)c5c4)c4ccccc34)cc(-c3cccc4c3sc3ccccc34)n2)cc1. The third-order valence-corrected chi connectivity index (χ3v) is 11.9. The van der Waals surface area contributed by atoms with E-state index in [0.29, 0.717) is 5.82 Å². The molecule has 11 rings (SSSR count). The molecular formula is C50H31N3S. The van der Waals surface area contributed by atoms with Crippen LogP contribution in [0.2, 0.25) is 0 Å². The van der Waals surface area contributed by atoms with Crippen molar-refractivity contribution in [2.45, 2.75) is 0 Å². The third kappa shape index (κ3) is 4.88. The Morgan fingerprint density at radius 2 is 0.981 bits per heavy atom. The molecule has 0 unspecified atom stereocenters. The van der Waals surface area contributed by atoms with E-state index in [1.165, 1.54) is 58.5 Å². The molecule has 4 heteroatoms. The molecule has 8 aromatic carbocycles. The van der Waals surface area contributed by atoms with E-state index in [1.54, 1.807) is 0 Å². The highest BCUT2D eigenvalue weighted by Gasteiger charge is 2.18. The van der Waals surface area contributed by atoms with Gasteiger partial charge >= 0.3 is 0 Å². The highest BCUT2D eigenvalue weighted by atomic mass is 32.1. The molecule has 3 nitrogen and oxygen atoms in total. The van der Waals surface area contributed by atoms with Crippen LogP contribution < -0.4 is 0 Å². The average Bonchev–Trinajstić information content (AvgIpc) is 3.79. The fraction of sp³-hybridized carbons (Fsp3) is 0. The van der Waals surface area contributed by atoms with E-state index in [1.807, 2.05) is 17.4 Å². The van der Waals surface area contributed by atoms with Gasteiger partial charge in [0.1, 0.15) is 0 Å². The summed E-state index contributed by atoms with van der Waals surface area (Å²) in [6, 6.07) is 67.2. The number of fused-ring (bicyclic) bond motifs is 7. The van der Waals surface area contributed by atoms with Crippen molar-refractivity contribution in [1.29, 1.82) is 0 Å². The van der Waals surface area contributed by atoms with E-state index in [4.69, 9.17) is 9.97 Å². The molecule has 0 aliphatic rings. The molecule has 11 aromatic rings. The van der Waals surface area contributed by atoms with Gasteiger partial charge in [0.15, 0.2) is 5.82 Å². The Labute approximate surface area is 316 Å². The molecule has 0 amide bonds. The predicted octanol–water partition coefficient (Wildman–Crippen LogP) is 13.8. The molecule has 252 valence electrons. The summed E-state index contributed by atoms with van der Waals surface area (Å²) >= 11 is 1.83. The molecule has 0 aliphatic carbocycles. The maximum Gasteiger partial charge on any atom is 0.160 e. The highest BCUT2D eigenvalue weighted by molar-refractivity contribution is 7.26. The van der Waals surface area contributed by atoms with Crippen LogP contribution in [0.25, 0.3) is 103 Å². The zero-order chi connectivity index (χ0) is 35.6. The van der Waals surface area contributed by atoms with Crippen molar-refractivity contribution in [2.24, 2.45) is 0 Å². The molecule has 0 N–H and O–H groups in total. The lowest BCUT2D eigenvalue weighted by Crippen LogP contribution is -1.97. The Kier molecular flexibility index (Phi) is 7.04. The molecule has 0 bridgehead atoms. The van der Waals surface area contributed by atoms with E-state index in [9.17, 15) is 0 Å². The van der Waals surface area contributed by atoms with Gasteiger partial charge in [-0.25, -0.2) is 9.97 Å². The zero-order valence-corrected chi connectivity index (χ0v) is 30.0. The zero-order valence-electron chi connectivity index (χ0n) is 29.1. The fourth-order valence-electron chi connectivity index (χ4n) is 8.16. The van der Waals surface area contributed by atoms with Crippen LogP contribution in [0.4, 0.5) is 0 Å². The first-order valence-corrected chi connectivity index (χ1v) is 19.1. The summed E-state index contributed by atoms with van der Waals surface area (Å²) in [7, 11) is 0. The van der Waals surface area contributed by atoms with Gasteiger partial charge in [-0.3, -0.25) is 0 Å². The molecule has 0 aliphatic heterocycles. The van der Waals surface area contributed by atoms with Gasteiger partial charge in [0.25, 0.3) is 0 Å². The smallest absolute Gasteiger partial charge is 0.160 e. The molecular weight excluding hydrogens is 675 g/mol. The summed E-state index contributed by atoms with van der Waals surface area (Å²) in [5.74, 6) is 0.716. The van der Waals surface area contributed by atoms with Gasteiger partial charge < -0.3 is 4.57 Å². The van der Waals surface area contributed by atoms with Crippen LogP contribution in [-0.2, 0) is 0 Å². The summed E-state index contributed by atoms with van der Waals surface area (Å²) < 4.78 is 4.90. The Balaban J connectivity index is 1.12. The predicted molar refractivity (Wildman–Crippen MR) is 229 cm³/mol. The average molecular weight is 706 g/mol. The number of para-hydroxylation sites is 2. The van der Waals surface area contributed by atoms with Gasteiger partial charge in [-0.15, -0.1) is 11.3 Å². The van der Waals surface area contributed by atoms with Crippen molar-refractivity contribution in [2.75, 3.05) is 0 Å². The first-order chi connectivity index (χ1) is 26.8. The lowest BCUT2D eigenvalue weighted by atomic mass is 9.93. The Bertz CT molecular complexity index is 3210. The molecule has 3 heterocycles. The number of thiophene rings is 1. The fourth-order valence-corrected chi connectivity index (χ4v) is 9.38. The number of nitrogens with zero attached hydrogens (tertiary/aromatic N) is 3.